The number of aromatic nitrogens is 5. The van der Waals surface area contributed by atoms with Crippen molar-refractivity contribution in [2.45, 2.75) is 0 Å². The van der Waals surface area contributed by atoms with Crippen molar-refractivity contribution in [1.82, 2.24) is 24.7 Å². The highest BCUT2D eigenvalue weighted by molar-refractivity contribution is 5.95. The first kappa shape index (κ1) is 30.1. The third-order valence-corrected chi connectivity index (χ3v) is 9.07. The first-order valence-electron chi connectivity index (χ1n) is 17.0. The van der Waals surface area contributed by atoms with E-state index in [2.05, 4.69) is 109 Å². The molecule has 0 unspecified atom stereocenters. The van der Waals surface area contributed by atoms with Crippen LogP contribution in [0.3, 0.4) is 0 Å². The summed E-state index contributed by atoms with van der Waals surface area (Å²) < 4.78 is 2.03. The maximum atomic E-state index is 5.12. The van der Waals surface area contributed by atoms with Gasteiger partial charge in [-0.2, -0.15) is 5.10 Å². The Morgan fingerprint density at radius 1 is 0.314 bits per heavy atom. The Balaban J connectivity index is 1.08. The quantitative estimate of drug-likeness (QED) is 0.172. The highest BCUT2D eigenvalue weighted by Gasteiger charge is 2.15. The molecule has 0 amide bonds. The molecular weight excluding hydrogens is 623 g/mol. The van der Waals surface area contributed by atoms with Crippen molar-refractivity contribution in [3.63, 3.8) is 0 Å². The van der Waals surface area contributed by atoms with Gasteiger partial charge in [-0.1, -0.05) is 152 Å². The first-order valence-corrected chi connectivity index (χ1v) is 17.0. The molecule has 0 saturated carbocycles. The lowest BCUT2D eigenvalue weighted by atomic mass is 9.96. The lowest BCUT2D eigenvalue weighted by Crippen LogP contribution is -2.00. The van der Waals surface area contributed by atoms with E-state index in [4.69, 9.17) is 20.1 Å². The second-order valence-electron chi connectivity index (χ2n) is 12.4. The third-order valence-electron chi connectivity index (χ3n) is 9.07. The van der Waals surface area contributed by atoms with Gasteiger partial charge in [0.2, 0.25) is 0 Å². The van der Waals surface area contributed by atoms with Crippen LogP contribution in [-0.4, -0.2) is 24.7 Å². The van der Waals surface area contributed by atoms with Gasteiger partial charge in [-0.05, 0) is 58.7 Å². The van der Waals surface area contributed by atoms with Crippen molar-refractivity contribution >= 4 is 10.9 Å². The van der Waals surface area contributed by atoms with E-state index in [1.807, 2.05) is 83.5 Å². The third kappa shape index (κ3) is 5.98. The molecule has 0 fully saturated rings. The Kier molecular flexibility index (Phi) is 7.76. The number of para-hydroxylation sites is 2. The van der Waals surface area contributed by atoms with Crippen molar-refractivity contribution < 1.29 is 0 Å². The molecule has 0 saturated heterocycles. The van der Waals surface area contributed by atoms with E-state index >= 15 is 0 Å². The Hall–Kier alpha value is -6.98. The normalized spacial score (nSPS) is 11.1. The van der Waals surface area contributed by atoms with Gasteiger partial charge in [-0.3, -0.25) is 0 Å². The Morgan fingerprint density at radius 3 is 1.27 bits per heavy atom. The summed E-state index contributed by atoms with van der Waals surface area (Å²) in [5.41, 5.74) is 11.4. The van der Waals surface area contributed by atoms with Crippen LogP contribution in [0, 0.1) is 0 Å². The molecule has 0 radical (unpaired) electrons. The van der Waals surface area contributed by atoms with E-state index in [0.717, 1.165) is 66.8 Å². The summed E-state index contributed by atoms with van der Waals surface area (Å²) in [5, 5.41) is 6.24. The lowest BCUT2D eigenvalue weighted by molar-refractivity contribution is 0.915. The van der Waals surface area contributed by atoms with Crippen LogP contribution >= 0.6 is 0 Å². The lowest BCUT2D eigenvalue weighted by Gasteiger charge is -2.11. The fourth-order valence-corrected chi connectivity index (χ4v) is 6.55. The number of hydrogen-bond acceptors (Lipinski definition) is 4. The monoisotopic (exact) mass is 653 g/mol. The van der Waals surface area contributed by atoms with E-state index in [-0.39, 0.29) is 0 Å². The molecule has 0 atom stereocenters. The van der Waals surface area contributed by atoms with Gasteiger partial charge in [0, 0.05) is 27.6 Å². The zero-order valence-corrected chi connectivity index (χ0v) is 27.6. The summed E-state index contributed by atoms with van der Waals surface area (Å²) in [7, 11) is 0. The maximum Gasteiger partial charge on any atom is 0.164 e. The summed E-state index contributed by atoms with van der Waals surface area (Å²) in [6.07, 6.45) is 0. The van der Waals surface area contributed by atoms with Crippen LogP contribution in [0.2, 0.25) is 0 Å². The molecule has 0 aliphatic rings. The molecule has 0 aliphatic heterocycles. The van der Waals surface area contributed by atoms with E-state index in [1.165, 1.54) is 0 Å². The van der Waals surface area contributed by atoms with Gasteiger partial charge in [0.15, 0.2) is 17.5 Å². The Morgan fingerprint density at radius 2 is 0.706 bits per heavy atom. The van der Waals surface area contributed by atoms with Crippen molar-refractivity contribution in [2.24, 2.45) is 0 Å². The van der Waals surface area contributed by atoms with E-state index in [0.29, 0.717) is 17.5 Å². The van der Waals surface area contributed by atoms with Crippen LogP contribution in [0.4, 0.5) is 0 Å². The predicted octanol–water partition coefficient (Wildman–Crippen LogP) is 11.2. The maximum absolute atomic E-state index is 5.12. The van der Waals surface area contributed by atoms with E-state index in [9.17, 15) is 0 Å². The molecule has 2 heterocycles. The highest BCUT2D eigenvalue weighted by atomic mass is 15.3. The zero-order chi connectivity index (χ0) is 34.0. The van der Waals surface area contributed by atoms with Crippen molar-refractivity contribution in [3.8, 4) is 73.4 Å². The molecular formula is C46H31N5. The minimum atomic E-state index is 0.635. The molecule has 9 rings (SSSR count). The molecule has 9 aromatic rings. The van der Waals surface area contributed by atoms with Gasteiger partial charge in [0.1, 0.15) is 5.69 Å². The number of fused-ring (bicyclic) bond motifs is 1. The minimum Gasteiger partial charge on any atom is -0.232 e. The van der Waals surface area contributed by atoms with Crippen LogP contribution in [0.15, 0.2) is 188 Å². The molecule has 2 aromatic heterocycles. The van der Waals surface area contributed by atoms with Crippen molar-refractivity contribution in [2.75, 3.05) is 0 Å². The minimum absolute atomic E-state index is 0.635. The second kappa shape index (κ2) is 13.1. The molecule has 240 valence electrons. The highest BCUT2D eigenvalue weighted by Crippen LogP contribution is 2.34. The van der Waals surface area contributed by atoms with Crippen LogP contribution in [-0.2, 0) is 0 Å². The fraction of sp³-hybridized carbons (Fsp3) is 0. The molecule has 5 heteroatoms. The van der Waals surface area contributed by atoms with Crippen molar-refractivity contribution in [1.29, 1.82) is 0 Å². The zero-order valence-electron chi connectivity index (χ0n) is 27.6. The van der Waals surface area contributed by atoms with Crippen LogP contribution in [0.25, 0.3) is 84.3 Å². The predicted molar refractivity (Wildman–Crippen MR) is 207 cm³/mol. The summed E-state index contributed by atoms with van der Waals surface area (Å²) >= 11 is 0. The van der Waals surface area contributed by atoms with Crippen molar-refractivity contribution in [3.05, 3.63) is 188 Å². The molecule has 0 bridgehead atoms. The van der Waals surface area contributed by atoms with Gasteiger partial charge in [0.05, 0.1) is 11.2 Å². The number of benzene rings is 7. The summed E-state index contributed by atoms with van der Waals surface area (Å²) in [6.45, 7) is 0. The molecule has 0 spiro atoms. The summed E-state index contributed by atoms with van der Waals surface area (Å²) in [5.74, 6) is 1.93. The van der Waals surface area contributed by atoms with E-state index in [1.54, 1.807) is 0 Å². The SMILES string of the molecule is c1ccc(-c2nc(-c3ccccc3)nc(-c3cccc(-c4cccc(-c5cccc(-c6nn(-c7ccccc7)c7ccccc67)c5)c4)c3)n2)cc1. The topological polar surface area (TPSA) is 56.5 Å². The van der Waals surface area contributed by atoms with Crippen LogP contribution < -0.4 is 0 Å². The number of nitrogens with zero attached hydrogens (tertiary/aromatic N) is 5. The van der Waals surface area contributed by atoms with Crippen LogP contribution in [0.1, 0.15) is 0 Å². The smallest absolute Gasteiger partial charge is 0.164 e. The average molecular weight is 654 g/mol. The van der Waals surface area contributed by atoms with Crippen LogP contribution in [0.5, 0.6) is 0 Å². The average Bonchev–Trinajstić information content (AvgIpc) is 3.62. The largest absolute Gasteiger partial charge is 0.232 e. The van der Waals surface area contributed by atoms with E-state index < -0.39 is 0 Å². The summed E-state index contributed by atoms with van der Waals surface area (Å²) in [6, 6.07) is 64.6. The second-order valence-corrected chi connectivity index (χ2v) is 12.4. The van der Waals surface area contributed by atoms with Gasteiger partial charge >= 0.3 is 0 Å². The van der Waals surface area contributed by atoms with Gasteiger partial charge in [-0.25, -0.2) is 19.6 Å². The molecule has 7 aromatic carbocycles. The number of rotatable bonds is 7. The van der Waals surface area contributed by atoms with Gasteiger partial charge in [0.25, 0.3) is 0 Å². The standard InChI is InChI=1S/C46H31N5/c1-4-15-32(16-5-1)44-47-45(33-17-6-2-7-18-33)49-46(48-44)39-24-14-22-37(31-39)35-20-12-19-34(29-35)36-21-13-23-38(30-36)43-41-27-10-11-28-42(41)51(50-43)40-25-8-3-9-26-40/h1-31H. The molecule has 51 heavy (non-hydrogen) atoms. The fourth-order valence-electron chi connectivity index (χ4n) is 6.55. The Bertz CT molecular complexity index is 2570. The molecule has 0 aliphatic carbocycles. The molecule has 0 N–H and O–H groups in total. The molecule has 5 nitrogen and oxygen atoms in total. The van der Waals surface area contributed by atoms with Gasteiger partial charge in [-0.15, -0.1) is 0 Å². The Labute approximate surface area is 296 Å². The van der Waals surface area contributed by atoms with Gasteiger partial charge < -0.3 is 0 Å². The first-order chi connectivity index (χ1) is 25.3. The number of hydrogen-bond donors (Lipinski definition) is 0. The summed E-state index contributed by atoms with van der Waals surface area (Å²) in [4.78, 5) is 14.8.